The molecule has 174 valence electrons. The second-order valence-corrected chi connectivity index (χ2v) is 7.53. The van der Waals surface area contributed by atoms with Crippen LogP contribution in [0.25, 0.3) is 0 Å². The van der Waals surface area contributed by atoms with Crippen molar-refractivity contribution in [3.8, 4) is 0 Å². The molecule has 11 N–H and O–H groups in total. The molecule has 0 spiro atoms. The van der Waals surface area contributed by atoms with Crippen molar-refractivity contribution in [3.05, 3.63) is 0 Å². The maximum Gasteiger partial charge on any atom is 0.111 e. The largest absolute Gasteiger partial charge is 0.394 e. The summed E-state index contributed by atoms with van der Waals surface area (Å²) in [5.41, 5.74) is 0. The Morgan fingerprint density at radius 1 is 0.621 bits per heavy atom. The summed E-state index contributed by atoms with van der Waals surface area (Å²) in [5, 5.41) is 100. The molecule has 29 heavy (non-hydrogen) atoms. The van der Waals surface area contributed by atoms with Crippen LogP contribution < -0.4 is 5.32 Å². The van der Waals surface area contributed by atoms with Gasteiger partial charge < -0.3 is 56.4 Å². The lowest BCUT2D eigenvalue weighted by Gasteiger charge is -2.39. The zero-order chi connectivity index (χ0) is 22.1. The Morgan fingerprint density at radius 2 is 0.966 bits per heavy atom. The summed E-state index contributed by atoms with van der Waals surface area (Å²) in [5.74, 6) is 0. The molecule has 0 aromatic rings. The molecule has 0 aromatic carbocycles. The maximum atomic E-state index is 10.3. The van der Waals surface area contributed by atoms with E-state index in [1.807, 2.05) is 0 Å². The Bertz CT molecular complexity index is 412. The van der Waals surface area contributed by atoms with Gasteiger partial charge in [-0.2, -0.15) is 0 Å². The van der Waals surface area contributed by atoms with Gasteiger partial charge in [0.2, 0.25) is 0 Å². The third-order valence-corrected chi connectivity index (χ3v) is 5.32. The summed E-state index contributed by atoms with van der Waals surface area (Å²) < 4.78 is 0. The van der Waals surface area contributed by atoms with Gasteiger partial charge in [0.05, 0.1) is 25.4 Å². The van der Waals surface area contributed by atoms with Crippen LogP contribution in [-0.2, 0) is 0 Å². The number of nitrogens with one attached hydrogen (secondary N) is 1. The van der Waals surface area contributed by atoms with Crippen LogP contribution in [-0.4, -0.2) is 150 Å². The van der Waals surface area contributed by atoms with E-state index >= 15 is 0 Å². The van der Waals surface area contributed by atoms with E-state index in [1.165, 1.54) is 0 Å². The molecule has 0 aliphatic carbocycles. The molecule has 1 heterocycles. The lowest BCUT2D eigenvalue weighted by Crippen LogP contribution is -2.56. The van der Waals surface area contributed by atoms with Gasteiger partial charge in [0.25, 0.3) is 0 Å². The Hall–Kier alpha value is -0.480. The first kappa shape index (κ1) is 26.6. The van der Waals surface area contributed by atoms with Crippen LogP contribution in [0.2, 0.25) is 0 Å². The highest BCUT2D eigenvalue weighted by Gasteiger charge is 2.36. The fourth-order valence-electron chi connectivity index (χ4n) is 3.37. The van der Waals surface area contributed by atoms with Gasteiger partial charge >= 0.3 is 0 Å². The maximum absolute atomic E-state index is 10.3. The molecule has 8 unspecified atom stereocenters. The van der Waals surface area contributed by atoms with Gasteiger partial charge in [0.15, 0.2) is 0 Å². The van der Waals surface area contributed by atoms with Crippen molar-refractivity contribution in [3.63, 3.8) is 0 Å². The molecular weight excluding hydrogens is 392 g/mol. The average Bonchev–Trinajstić information content (AvgIpc) is 2.75. The van der Waals surface area contributed by atoms with E-state index in [-0.39, 0.29) is 19.1 Å². The van der Waals surface area contributed by atoms with E-state index in [4.69, 9.17) is 10.2 Å². The predicted molar refractivity (Wildman–Crippen MR) is 99.7 cm³/mol. The molecule has 0 aromatic heterocycles. The lowest BCUT2D eigenvalue weighted by molar-refractivity contribution is -0.134. The van der Waals surface area contributed by atoms with Crippen LogP contribution in [0.5, 0.6) is 0 Å². The summed E-state index contributed by atoms with van der Waals surface area (Å²) in [4.78, 5) is 1.58. The minimum atomic E-state index is -1.79. The molecule has 1 rings (SSSR count). The number of nitrogens with zero attached hydrogens (tertiary/aromatic N) is 1. The van der Waals surface area contributed by atoms with Crippen molar-refractivity contribution in [2.75, 3.05) is 39.4 Å². The van der Waals surface area contributed by atoms with Crippen LogP contribution in [0.1, 0.15) is 12.8 Å². The second kappa shape index (κ2) is 13.0. The van der Waals surface area contributed by atoms with E-state index in [9.17, 15) is 40.9 Å². The fraction of sp³-hybridized carbons (Fsp3) is 1.00. The first-order valence-electron chi connectivity index (χ1n) is 9.75. The van der Waals surface area contributed by atoms with Crippen molar-refractivity contribution in [2.24, 2.45) is 0 Å². The van der Waals surface area contributed by atoms with Crippen LogP contribution >= 0.6 is 0 Å². The van der Waals surface area contributed by atoms with E-state index < -0.39 is 62.0 Å². The second-order valence-electron chi connectivity index (χ2n) is 7.53. The summed E-state index contributed by atoms with van der Waals surface area (Å²) in [6.45, 7) is -0.753. The first-order valence-corrected chi connectivity index (χ1v) is 9.75. The van der Waals surface area contributed by atoms with E-state index in [0.29, 0.717) is 25.9 Å². The predicted octanol–water partition coefficient (Wildman–Crippen LogP) is -6.09. The van der Waals surface area contributed by atoms with E-state index in [2.05, 4.69) is 5.32 Å². The van der Waals surface area contributed by atoms with Crippen LogP contribution in [0.4, 0.5) is 0 Å². The van der Waals surface area contributed by atoms with Crippen molar-refractivity contribution in [1.29, 1.82) is 0 Å². The number of hydrogen-bond acceptors (Lipinski definition) is 12. The minimum absolute atomic E-state index is 0.153. The highest BCUT2D eigenvalue weighted by Crippen LogP contribution is 2.17. The molecular formula is C17H36N2O10. The number of piperidine rings is 1. The molecule has 1 saturated heterocycles. The van der Waals surface area contributed by atoms with E-state index in [1.54, 1.807) is 4.90 Å². The van der Waals surface area contributed by atoms with Crippen LogP contribution in [0.15, 0.2) is 0 Å². The number of aliphatic hydroxyl groups excluding tert-OH is 10. The lowest BCUT2D eigenvalue weighted by atomic mass is 9.98. The highest BCUT2D eigenvalue weighted by atomic mass is 16.4. The normalized spacial score (nSPS) is 24.5. The molecule has 1 aliphatic heterocycles. The Morgan fingerprint density at radius 3 is 1.31 bits per heavy atom. The first-order chi connectivity index (χ1) is 13.6. The molecule has 1 fully saturated rings. The van der Waals surface area contributed by atoms with E-state index in [0.717, 1.165) is 0 Å². The fourth-order valence-corrected chi connectivity index (χ4v) is 3.37. The summed E-state index contributed by atoms with van der Waals surface area (Å²) in [6.07, 6.45) is -12.2. The van der Waals surface area contributed by atoms with Gasteiger partial charge in [-0.05, 0) is 25.9 Å². The minimum Gasteiger partial charge on any atom is -0.394 e. The zero-order valence-electron chi connectivity index (χ0n) is 16.3. The Balaban J connectivity index is 2.83. The molecule has 0 saturated carbocycles. The van der Waals surface area contributed by atoms with Gasteiger partial charge in [-0.15, -0.1) is 0 Å². The molecule has 12 heteroatoms. The smallest absolute Gasteiger partial charge is 0.111 e. The molecule has 0 radical (unpaired) electrons. The Labute approximate surface area is 169 Å². The standard InChI is InChI=1S/C17H36N2O10/c20-7-12(24)16(28)14(26)10(22)5-19(9-1-3-18-4-2-9)6-11(23)15(27)17(29)13(25)8-21/h9-18,20-29H,1-8H2. The average molecular weight is 428 g/mol. The summed E-state index contributed by atoms with van der Waals surface area (Å²) in [7, 11) is 0. The van der Waals surface area contributed by atoms with Crippen molar-refractivity contribution in [2.45, 2.75) is 67.7 Å². The van der Waals surface area contributed by atoms with Crippen molar-refractivity contribution in [1.82, 2.24) is 10.2 Å². The monoisotopic (exact) mass is 428 g/mol. The quantitative estimate of drug-likeness (QED) is 0.132. The van der Waals surface area contributed by atoms with Gasteiger partial charge in [0.1, 0.15) is 36.6 Å². The summed E-state index contributed by atoms with van der Waals surface area (Å²) in [6, 6.07) is -0.153. The number of aliphatic hydroxyl groups is 10. The third-order valence-electron chi connectivity index (χ3n) is 5.32. The number of rotatable bonds is 13. The third kappa shape index (κ3) is 7.94. The zero-order valence-corrected chi connectivity index (χ0v) is 16.3. The van der Waals surface area contributed by atoms with Crippen LogP contribution in [0.3, 0.4) is 0 Å². The van der Waals surface area contributed by atoms with Crippen molar-refractivity contribution >= 4 is 0 Å². The SMILES string of the molecule is OCC(O)C(O)C(O)C(O)CN(CC(O)C(O)C(O)C(O)CO)C1CCNCC1. The number of hydrogen-bond donors (Lipinski definition) is 11. The molecule has 0 amide bonds. The van der Waals surface area contributed by atoms with Gasteiger partial charge in [-0.3, -0.25) is 4.90 Å². The van der Waals surface area contributed by atoms with Crippen molar-refractivity contribution < 1.29 is 51.1 Å². The molecule has 0 bridgehead atoms. The topological polar surface area (TPSA) is 218 Å². The molecule has 12 nitrogen and oxygen atoms in total. The van der Waals surface area contributed by atoms with Gasteiger partial charge in [-0.1, -0.05) is 0 Å². The van der Waals surface area contributed by atoms with Gasteiger partial charge in [-0.25, -0.2) is 0 Å². The highest BCUT2D eigenvalue weighted by molar-refractivity contribution is 4.89. The molecule has 8 atom stereocenters. The van der Waals surface area contributed by atoms with Gasteiger partial charge in [0, 0.05) is 19.1 Å². The Kier molecular flexibility index (Phi) is 11.9. The summed E-state index contributed by atoms with van der Waals surface area (Å²) >= 11 is 0. The van der Waals surface area contributed by atoms with Crippen LogP contribution in [0, 0.1) is 0 Å². The molecule has 1 aliphatic rings.